The Morgan fingerprint density at radius 1 is 1.05 bits per heavy atom. The summed E-state index contributed by atoms with van der Waals surface area (Å²) in [6.45, 7) is 2.39. The summed E-state index contributed by atoms with van der Waals surface area (Å²) in [5.74, 6) is 0.833. The standard InChI is InChI=1S/C30H28N4O4S/c1-19-6-12-22(13-7-19)32-26(35)16-18-34-28(27(33-30(34)39)23-5-3-4-17-31-23)25-15-14-24(38-25)20-8-10-21(11-9-20)29(36)37-2/h3-15,17,27-28H,16,18H2,1-2H3,(H,32,35)(H,33,39)/t27-,28+/m1/s1. The van der Waals surface area contributed by atoms with Gasteiger partial charge >= 0.3 is 5.97 Å². The average Bonchev–Trinajstić information content (AvgIpc) is 3.58. The lowest BCUT2D eigenvalue weighted by Crippen LogP contribution is -2.32. The predicted octanol–water partition coefficient (Wildman–Crippen LogP) is 5.44. The molecule has 0 aliphatic carbocycles. The van der Waals surface area contributed by atoms with Crippen LogP contribution in [0.25, 0.3) is 11.3 Å². The lowest BCUT2D eigenvalue weighted by atomic mass is 10.0. The van der Waals surface area contributed by atoms with Gasteiger partial charge in [0.2, 0.25) is 5.91 Å². The number of amides is 1. The molecule has 2 N–H and O–H groups in total. The SMILES string of the molecule is COC(=O)c1ccc(-c2ccc([C@H]3[C@@H](c4ccccn4)NC(=S)N3CCC(=O)Nc3ccc(C)cc3)o2)cc1. The van der Waals surface area contributed by atoms with E-state index in [-0.39, 0.29) is 24.4 Å². The number of anilines is 1. The van der Waals surface area contributed by atoms with E-state index in [9.17, 15) is 9.59 Å². The number of benzene rings is 2. The minimum atomic E-state index is -0.396. The number of hydrogen-bond donors (Lipinski definition) is 2. The van der Waals surface area contributed by atoms with E-state index in [1.165, 1.54) is 7.11 Å². The third-order valence-electron chi connectivity index (χ3n) is 6.62. The first-order chi connectivity index (χ1) is 18.9. The molecule has 5 rings (SSSR count). The molecule has 2 aromatic carbocycles. The second-order valence-electron chi connectivity index (χ2n) is 9.26. The molecule has 4 aromatic rings. The van der Waals surface area contributed by atoms with E-state index in [0.717, 1.165) is 22.5 Å². The first-order valence-corrected chi connectivity index (χ1v) is 13.0. The van der Waals surface area contributed by atoms with Gasteiger partial charge in [0, 0.05) is 30.4 Å². The minimum absolute atomic E-state index is 0.104. The number of thiocarbonyl (C=S) groups is 1. The summed E-state index contributed by atoms with van der Waals surface area (Å²) in [4.78, 5) is 31.1. The van der Waals surface area contributed by atoms with E-state index in [1.807, 2.05) is 78.6 Å². The fraction of sp³-hybridized carbons (Fsp3) is 0.200. The van der Waals surface area contributed by atoms with Gasteiger partial charge in [0.05, 0.1) is 24.4 Å². The van der Waals surface area contributed by atoms with Crippen LogP contribution in [0.5, 0.6) is 0 Å². The molecule has 1 aliphatic rings. The van der Waals surface area contributed by atoms with Gasteiger partial charge in [0.25, 0.3) is 0 Å². The Hall–Kier alpha value is -4.50. The molecule has 9 heteroatoms. The summed E-state index contributed by atoms with van der Waals surface area (Å²) in [7, 11) is 1.35. The molecule has 198 valence electrons. The van der Waals surface area contributed by atoms with Crippen LogP contribution >= 0.6 is 12.2 Å². The molecule has 8 nitrogen and oxygen atoms in total. The van der Waals surface area contributed by atoms with Gasteiger partial charge in [0.1, 0.15) is 17.6 Å². The second-order valence-corrected chi connectivity index (χ2v) is 9.64. The van der Waals surface area contributed by atoms with Gasteiger partial charge in [0.15, 0.2) is 5.11 Å². The van der Waals surface area contributed by atoms with Crippen molar-refractivity contribution in [3.05, 3.63) is 108 Å². The zero-order chi connectivity index (χ0) is 27.4. The molecule has 0 spiro atoms. The van der Waals surface area contributed by atoms with Crippen LogP contribution in [0.1, 0.15) is 45.9 Å². The number of nitrogens with zero attached hydrogens (tertiary/aromatic N) is 2. The predicted molar refractivity (Wildman–Crippen MR) is 152 cm³/mol. The van der Waals surface area contributed by atoms with Crippen molar-refractivity contribution in [3.8, 4) is 11.3 Å². The summed E-state index contributed by atoms with van der Waals surface area (Å²) >= 11 is 5.71. The number of esters is 1. The summed E-state index contributed by atoms with van der Waals surface area (Å²) < 4.78 is 11.1. The van der Waals surface area contributed by atoms with E-state index in [2.05, 4.69) is 15.6 Å². The number of methoxy groups -OCH3 is 1. The molecule has 1 fully saturated rings. The Morgan fingerprint density at radius 2 is 1.82 bits per heavy atom. The molecule has 1 saturated heterocycles. The summed E-state index contributed by atoms with van der Waals surface area (Å²) in [5, 5.41) is 6.85. The van der Waals surface area contributed by atoms with E-state index in [1.54, 1.807) is 18.3 Å². The number of furan rings is 1. The second kappa shape index (κ2) is 11.5. The molecule has 1 aliphatic heterocycles. The van der Waals surface area contributed by atoms with Crippen molar-refractivity contribution in [1.29, 1.82) is 0 Å². The zero-order valence-electron chi connectivity index (χ0n) is 21.6. The average molecular weight is 541 g/mol. The van der Waals surface area contributed by atoms with Crippen molar-refractivity contribution in [1.82, 2.24) is 15.2 Å². The minimum Gasteiger partial charge on any atom is -0.465 e. The van der Waals surface area contributed by atoms with Crippen molar-refractivity contribution in [3.63, 3.8) is 0 Å². The number of aromatic nitrogens is 1. The Labute approximate surface area is 232 Å². The lowest BCUT2D eigenvalue weighted by molar-refractivity contribution is -0.116. The van der Waals surface area contributed by atoms with Crippen molar-refractivity contribution in [2.75, 3.05) is 19.0 Å². The first-order valence-electron chi connectivity index (χ1n) is 12.6. The molecule has 2 atom stereocenters. The Kier molecular flexibility index (Phi) is 7.69. The molecule has 0 bridgehead atoms. The van der Waals surface area contributed by atoms with E-state index >= 15 is 0 Å². The van der Waals surface area contributed by atoms with E-state index in [0.29, 0.717) is 28.7 Å². The molecule has 1 amide bonds. The molecular weight excluding hydrogens is 512 g/mol. The van der Waals surface area contributed by atoms with Gasteiger partial charge in [-0.05, 0) is 67.7 Å². The highest BCUT2D eigenvalue weighted by Crippen LogP contribution is 2.40. The first kappa shape index (κ1) is 26.1. The molecular formula is C30H28N4O4S. The van der Waals surface area contributed by atoms with Gasteiger partial charge in [-0.3, -0.25) is 9.78 Å². The van der Waals surface area contributed by atoms with Crippen LogP contribution in [-0.4, -0.2) is 40.5 Å². The number of nitrogens with one attached hydrogen (secondary N) is 2. The number of aryl methyl sites for hydroxylation is 1. The maximum atomic E-state index is 12.8. The summed E-state index contributed by atoms with van der Waals surface area (Å²) in [6.07, 6.45) is 1.98. The number of carbonyl (C=O) groups is 2. The summed E-state index contributed by atoms with van der Waals surface area (Å²) in [6, 6.07) is 23.7. The van der Waals surface area contributed by atoms with Crippen LogP contribution in [0, 0.1) is 6.92 Å². The normalized spacial score (nSPS) is 16.6. The van der Waals surface area contributed by atoms with Crippen LogP contribution in [0.2, 0.25) is 0 Å². The summed E-state index contributed by atoms with van der Waals surface area (Å²) in [5.41, 5.74) is 3.98. The Morgan fingerprint density at radius 3 is 2.51 bits per heavy atom. The quantitative estimate of drug-likeness (QED) is 0.225. The van der Waals surface area contributed by atoms with Crippen LogP contribution in [0.3, 0.4) is 0 Å². The smallest absolute Gasteiger partial charge is 0.337 e. The number of ether oxygens (including phenoxy) is 1. The molecule has 0 unspecified atom stereocenters. The molecule has 2 aromatic heterocycles. The van der Waals surface area contributed by atoms with Crippen LogP contribution in [0.4, 0.5) is 5.69 Å². The van der Waals surface area contributed by atoms with E-state index in [4.69, 9.17) is 21.4 Å². The van der Waals surface area contributed by atoms with Gasteiger partial charge in [-0.2, -0.15) is 0 Å². The highest BCUT2D eigenvalue weighted by molar-refractivity contribution is 7.80. The van der Waals surface area contributed by atoms with Gasteiger partial charge in [-0.15, -0.1) is 0 Å². The van der Waals surface area contributed by atoms with Gasteiger partial charge < -0.3 is 24.7 Å². The van der Waals surface area contributed by atoms with Crippen molar-refractivity contribution in [2.24, 2.45) is 0 Å². The number of hydrogen-bond acceptors (Lipinski definition) is 6. The molecule has 3 heterocycles. The topological polar surface area (TPSA) is 96.7 Å². The molecule has 39 heavy (non-hydrogen) atoms. The van der Waals surface area contributed by atoms with Gasteiger partial charge in [-0.25, -0.2) is 4.79 Å². The number of pyridine rings is 1. The Bertz CT molecular complexity index is 1470. The monoisotopic (exact) mass is 540 g/mol. The third-order valence-corrected chi connectivity index (χ3v) is 6.97. The van der Waals surface area contributed by atoms with Crippen molar-refractivity contribution < 1.29 is 18.7 Å². The number of rotatable bonds is 8. The maximum Gasteiger partial charge on any atom is 0.337 e. The zero-order valence-corrected chi connectivity index (χ0v) is 22.4. The lowest BCUT2D eigenvalue weighted by Gasteiger charge is -2.25. The highest BCUT2D eigenvalue weighted by atomic mass is 32.1. The highest BCUT2D eigenvalue weighted by Gasteiger charge is 2.41. The molecule has 0 radical (unpaired) electrons. The third kappa shape index (κ3) is 5.83. The van der Waals surface area contributed by atoms with E-state index < -0.39 is 5.97 Å². The van der Waals surface area contributed by atoms with Crippen LogP contribution in [-0.2, 0) is 9.53 Å². The van der Waals surface area contributed by atoms with Crippen molar-refractivity contribution >= 4 is 34.9 Å². The fourth-order valence-electron chi connectivity index (χ4n) is 4.59. The largest absolute Gasteiger partial charge is 0.465 e. The van der Waals surface area contributed by atoms with Crippen LogP contribution < -0.4 is 10.6 Å². The number of carbonyl (C=O) groups excluding carboxylic acids is 2. The van der Waals surface area contributed by atoms with Crippen LogP contribution in [0.15, 0.2) is 89.5 Å². The maximum absolute atomic E-state index is 12.8. The Balaban J connectivity index is 1.38. The van der Waals surface area contributed by atoms with Crippen molar-refractivity contribution in [2.45, 2.75) is 25.4 Å². The fourth-order valence-corrected chi connectivity index (χ4v) is 4.92. The molecule has 0 saturated carbocycles. The van der Waals surface area contributed by atoms with Gasteiger partial charge in [-0.1, -0.05) is 35.9 Å².